The van der Waals surface area contributed by atoms with Gasteiger partial charge >= 0.3 is 6.03 Å². The van der Waals surface area contributed by atoms with E-state index in [0.717, 1.165) is 5.75 Å². The van der Waals surface area contributed by atoms with Crippen LogP contribution in [0.2, 0.25) is 0 Å². The molecule has 1 rings (SSSR count). The number of hydrogen-bond donors (Lipinski definition) is 4. The number of aliphatic hydroxyl groups is 1. The maximum absolute atomic E-state index is 11.7. The maximum atomic E-state index is 11.7. The van der Waals surface area contributed by atoms with Crippen molar-refractivity contribution in [1.29, 1.82) is 0 Å². The molecule has 0 aromatic heterocycles. The van der Waals surface area contributed by atoms with Gasteiger partial charge in [0.25, 0.3) is 5.91 Å². The van der Waals surface area contributed by atoms with Gasteiger partial charge < -0.3 is 16.2 Å². The molecule has 8 heteroatoms. The largest absolute Gasteiger partial charge is 0.509 e. The lowest BCUT2D eigenvalue weighted by molar-refractivity contribution is -0.116. The summed E-state index contributed by atoms with van der Waals surface area (Å²) in [6, 6.07) is -1.22. The van der Waals surface area contributed by atoms with Gasteiger partial charge in [-0.3, -0.25) is 4.79 Å². The van der Waals surface area contributed by atoms with Crippen molar-refractivity contribution in [3.8, 4) is 0 Å². The molecule has 1 atom stereocenters. The summed E-state index contributed by atoms with van der Waals surface area (Å²) < 4.78 is 0. The van der Waals surface area contributed by atoms with E-state index in [1.54, 1.807) is 11.8 Å². The van der Waals surface area contributed by atoms with Gasteiger partial charge in [-0.05, 0) is 25.4 Å². The quantitative estimate of drug-likeness (QED) is 0.419. The molecule has 0 saturated carbocycles. The van der Waals surface area contributed by atoms with Gasteiger partial charge in [-0.15, -0.1) is 0 Å². The second-order valence-electron chi connectivity index (χ2n) is 3.74. The number of hydrazone groups is 1. The molecule has 0 bridgehead atoms. The highest BCUT2D eigenvalue weighted by molar-refractivity contribution is 7.98. The zero-order valence-electron chi connectivity index (χ0n) is 10.2. The summed E-state index contributed by atoms with van der Waals surface area (Å²) in [6.07, 6.45) is 2.58. The minimum Gasteiger partial charge on any atom is -0.509 e. The number of nitrogens with one attached hydrogen (secondary N) is 2. The molecule has 0 saturated heterocycles. The van der Waals surface area contributed by atoms with E-state index in [9.17, 15) is 14.7 Å². The standard InChI is InChI=1S/C10H16N4O3S/c1-5(13-14-10(11)17)7-8(15)6(3-4-18-2)12-9(7)16/h6,15H,3-4H2,1-2H3,(H,12,16)(H3,11,14,17). The third-order valence-corrected chi connectivity index (χ3v) is 3.07. The number of rotatable bonds is 5. The molecular weight excluding hydrogens is 256 g/mol. The van der Waals surface area contributed by atoms with Crippen molar-refractivity contribution in [3.05, 3.63) is 11.3 Å². The second kappa shape index (κ2) is 6.29. The monoisotopic (exact) mass is 272 g/mol. The predicted octanol–water partition coefficient (Wildman–Crippen LogP) is 0.0942. The van der Waals surface area contributed by atoms with Crippen molar-refractivity contribution in [3.63, 3.8) is 0 Å². The van der Waals surface area contributed by atoms with Crippen LogP contribution in [0.1, 0.15) is 13.3 Å². The third-order valence-electron chi connectivity index (χ3n) is 2.42. The van der Waals surface area contributed by atoms with Gasteiger partial charge in [-0.1, -0.05) is 0 Å². The summed E-state index contributed by atoms with van der Waals surface area (Å²) >= 11 is 1.63. The molecule has 7 nitrogen and oxygen atoms in total. The molecule has 1 aliphatic rings. The first-order chi connectivity index (χ1) is 8.47. The Bertz CT molecular complexity index is 419. The first kappa shape index (κ1) is 14.4. The van der Waals surface area contributed by atoms with Gasteiger partial charge in [-0.2, -0.15) is 16.9 Å². The fraction of sp³-hybridized carbons (Fsp3) is 0.500. The Labute approximate surface area is 109 Å². The van der Waals surface area contributed by atoms with E-state index in [1.807, 2.05) is 11.7 Å². The van der Waals surface area contributed by atoms with Crippen LogP contribution in [0, 0.1) is 0 Å². The Morgan fingerprint density at radius 3 is 2.89 bits per heavy atom. The average Bonchev–Trinajstić information content (AvgIpc) is 2.59. The van der Waals surface area contributed by atoms with Gasteiger partial charge in [0.1, 0.15) is 11.3 Å². The van der Waals surface area contributed by atoms with Crippen LogP contribution < -0.4 is 16.5 Å². The van der Waals surface area contributed by atoms with Crippen LogP contribution in [0.4, 0.5) is 4.79 Å². The fourth-order valence-electron chi connectivity index (χ4n) is 1.58. The lowest BCUT2D eigenvalue weighted by Crippen LogP contribution is -2.30. The van der Waals surface area contributed by atoms with E-state index in [4.69, 9.17) is 5.73 Å². The molecule has 1 aliphatic heterocycles. The molecule has 0 aromatic rings. The van der Waals surface area contributed by atoms with E-state index < -0.39 is 18.0 Å². The molecule has 1 heterocycles. The Hall–Kier alpha value is -1.70. The van der Waals surface area contributed by atoms with Crippen LogP contribution in [0.5, 0.6) is 0 Å². The van der Waals surface area contributed by atoms with Crippen LogP contribution >= 0.6 is 11.8 Å². The number of carbonyl (C=O) groups is 2. The molecule has 100 valence electrons. The number of carbonyl (C=O) groups excluding carboxylic acids is 2. The van der Waals surface area contributed by atoms with Crippen molar-refractivity contribution < 1.29 is 14.7 Å². The van der Waals surface area contributed by atoms with Gasteiger partial charge in [0.2, 0.25) is 0 Å². The number of primary amides is 1. The molecule has 5 N–H and O–H groups in total. The lowest BCUT2D eigenvalue weighted by atomic mass is 10.1. The minimum absolute atomic E-state index is 0.0402. The van der Waals surface area contributed by atoms with E-state index >= 15 is 0 Å². The highest BCUT2D eigenvalue weighted by Crippen LogP contribution is 2.19. The zero-order chi connectivity index (χ0) is 13.7. The van der Waals surface area contributed by atoms with Crippen LogP contribution in [-0.2, 0) is 4.79 Å². The number of amides is 3. The van der Waals surface area contributed by atoms with Crippen LogP contribution in [0.25, 0.3) is 0 Å². The summed E-state index contributed by atoms with van der Waals surface area (Å²) in [6.45, 7) is 1.51. The smallest absolute Gasteiger partial charge is 0.332 e. The van der Waals surface area contributed by atoms with Gasteiger partial charge in [0.15, 0.2) is 0 Å². The summed E-state index contributed by atoms with van der Waals surface area (Å²) in [5, 5.41) is 16.2. The number of aliphatic hydroxyl groups excluding tert-OH is 1. The molecule has 18 heavy (non-hydrogen) atoms. The predicted molar refractivity (Wildman–Crippen MR) is 70.4 cm³/mol. The fourth-order valence-corrected chi connectivity index (χ4v) is 2.05. The Balaban J connectivity index is 2.84. The molecule has 0 aromatic carbocycles. The molecule has 0 fully saturated rings. The van der Waals surface area contributed by atoms with Gasteiger partial charge in [0.05, 0.1) is 11.8 Å². The summed E-state index contributed by atoms with van der Waals surface area (Å²) in [4.78, 5) is 22.2. The number of hydrogen-bond acceptors (Lipinski definition) is 5. The average molecular weight is 272 g/mol. The second-order valence-corrected chi connectivity index (χ2v) is 4.73. The van der Waals surface area contributed by atoms with Crippen LogP contribution in [0.3, 0.4) is 0 Å². The third kappa shape index (κ3) is 3.39. The Morgan fingerprint density at radius 2 is 2.33 bits per heavy atom. The zero-order valence-corrected chi connectivity index (χ0v) is 11.0. The molecular formula is C10H16N4O3S. The minimum atomic E-state index is -0.827. The van der Waals surface area contributed by atoms with Crippen molar-refractivity contribution in [2.75, 3.05) is 12.0 Å². The van der Waals surface area contributed by atoms with Crippen molar-refractivity contribution >= 4 is 29.4 Å². The number of nitrogens with zero attached hydrogens (tertiary/aromatic N) is 1. The highest BCUT2D eigenvalue weighted by Gasteiger charge is 2.32. The Kier molecular flexibility index (Phi) is 5.02. The first-order valence-corrected chi connectivity index (χ1v) is 6.69. The van der Waals surface area contributed by atoms with Crippen molar-refractivity contribution in [1.82, 2.24) is 10.7 Å². The number of thioether (sulfide) groups is 1. The number of urea groups is 1. The molecule has 0 aliphatic carbocycles. The summed E-state index contributed by atoms with van der Waals surface area (Å²) in [5.41, 5.74) is 7.19. The normalized spacial score (nSPS) is 20.0. The molecule has 0 spiro atoms. The molecule has 1 unspecified atom stereocenters. The topological polar surface area (TPSA) is 117 Å². The van der Waals surface area contributed by atoms with Crippen molar-refractivity contribution in [2.24, 2.45) is 10.8 Å². The van der Waals surface area contributed by atoms with E-state index in [1.165, 1.54) is 6.92 Å². The van der Waals surface area contributed by atoms with Crippen LogP contribution in [0.15, 0.2) is 16.4 Å². The maximum Gasteiger partial charge on any atom is 0.332 e. The molecule has 3 amide bonds. The van der Waals surface area contributed by atoms with Gasteiger partial charge in [0, 0.05) is 0 Å². The molecule has 0 radical (unpaired) electrons. The SMILES string of the molecule is CSCCC1NC(=O)C(C(C)=NNC(N)=O)=C1O. The van der Waals surface area contributed by atoms with Gasteiger partial charge in [-0.25, -0.2) is 10.2 Å². The number of nitrogens with two attached hydrogens (primary N) is 1. The highest BCUT2D eigenvalue weighted by atomic mass is 32.2. The summed E-state index contributed by atoms with van der Waals surface area (Å²) in [5.74, 6) is 0.380. The summed E-state index contributed by atoms with van der Waals surface area (Å²) in [7, 11) is 0. The van der Waals surface area contributed by atoms with Crippen LogP contribution in [-0.4, -0.2) is 40.8 Å². The lowest BCUT2D eigenvalue weighted by Gasteiger charge is -2.09. The first-order valence-electron chi connectivity index (χ1n) is 5.30. The van der Waals surface area contributed by atoms with E-state index in [2.05, 4.69) is 10.4 Å². The Morgan fingerprint density at radius 1 is 1.67 bits per heavy atom. The van der Waals surface area contributed by atoms with E-state index in [-0.39, 0.29) is 17.0 Å². The van der Waals surface area contributed by atoms with Crippen molar-refractivity contribution in [2.45, 2.75) is 19.4 Å². The van der Waals surface area contributed by atoms with E-state index in [0.29, 0.717) is 6.42 Å².